The molecule has 2 rings (SSSR count). The Morgan fingerprint density at radius 1 is 1.33 bits per heavy atom. The summed E-state index contributed by atoms with van der Waals surface area (Å²) >= 11 is 0. The molecule has 0 N–H and O–H groups in total. The molecule has 24 heavy (non-hydrogen) atoms. The Hall–Kier alpha value is -2.11. The number of benzene rings is 1. The van der Waals surface area contributed by atoms with Crippen molar-refractivity contribution in [1.29, 1.82) is 0 Å². The highest BCUT2D eigenvalue weighted by atomic mass is 16.6. The van der Waals surface area contributed by atoms with E-state index in [2.05, 4.69) is 37.6 Å². The zero-order valence-corrected chi connectivity index (χ0v) is 15.2. The molecule has 0 spiro atoms. The number of nitro groups is 1. The van der Waals surface area contributed by atoms with Crippen molar-refractivity contribution in [3.63, 3.8) is 0 Å². The Labute approximate surface area is 143 Å². The minimum absolute atomic E-state index is 0.0838. The predicted molar refractivity (Wildman–Crippen MR) is 95.7 cm³/mol. The first-order chi connectivity index (χ1) is 11.3. The second-order valence-corrected chi connectivity index (χ2v) is 7.26. The Morgan fingerprint density at radius 2 is 2.04 bits per heavy atom. The molecule has 1 aliphatic rings. The van der Waals surface area contributed by atoms with Gasteiger partial charge in [-0.15, -0.1) is 0 Å². The van der Waals surface area contributed by atoms with Gasteiger partial charge in [0, 0.05) is 18.7 Å². The van der Waals surface area contributed by atoms with Crippen molar-refractivity contribution in [1.82, 2.24) is 4.90 Å². The lowest BCUT2D eigenvalue weighted by molar-refractivity contribution is -0.384. The van der Waals surface area contributed by atoms with Gasteiger partial charge >= 0.3 is 0 Å². The number of nitrogens with zero attached hydrogens (tertiary/aromatic N) is 3. The van der Waals surface area contributed by atoms with Gasteiger partial charge in [0.1, 0.15) is 6.61 Å². The predicted octanol–water partition coefficient (Wildman–Crippen LogP) is 4.29. The molecule has 0 aromatic heterocycles. The van der Waals surface area contributed by atoms with Gasteiger partial charge in [-0.25, -0.2) is 0 Å². The highest BCUT2D eigenvalue weighted by molar-refractivity contribution is 5.80. The molecule has 0 amide bonds. The van der Waals surface area contributed by atoms with Crippen LogP contribution in [0.25, 0.3) is 0 Å². The van der Waals surface area contributed by atoms with Gasteiger partial charge in [-0.1, -0.05) is 27.7 Å². The van der Waals surface area contributed by atoms with E-state index in [9.17, 15) is 10.1 Å². The van der Waals surface area contributed by atoms with Gasteiger partial charge in [-0.3, -0.25) is 10.1 Å². The number of hydrogen-bond acceptors (Lipinski definition) is 4. The Morgan fingerprint density at radius 3 is 2.58 bits per heavy atom. The second kappa shape index (κ2) is 7.64. The monoisotopic (exact) mass is 333 g/mol. The standard InChI is InChI=1S/C18H27N3O3/c1-12(2)8-16-11-24-18(20(16)10-13(3)4)19-17-7-6-15(21(22)23)9-14(17)5/h6-7,9,12-13,16H,8,10-11H2,1-5H3/b19-18-/t16-/m0/s1. The molecule has 0 unspecified atom stereocenters. The summed E-state index contributed by atoms with van der Waals surface area (Å²) in [6.07, 6.45) is 1.06. The molecule has 132 valence electrons. The van der Waals surface area contributed by atoms with Crippen LogP contribution < -0.4 is 0 Å². The van der Waals surface area contributed by atoms with Crippen LogP contribution in [0.5, 0.6) is 0 Å². The molecule has 1 aliphatic heterocycles. The molecule has 1 atom stereocenters. The largest absolute Gasteiger partial charge is 0.463 e. The molecular formula is C18H27N3O3. The van der Waals surface area contributed by atoms with Crippen LogP contribution in [0.15, 0.2) is 23.2 Å². The summed E-state index contributed by atoms with van der Waals surface area (Å²) in [7, 11) is 0. The highest BCUT2D eigenvalue weighted by Gasteiger charge is 2.32. The smallest absolute Gasteiger partial charge is 0.293 e. The number of rotatable bonds is 6. The average Bonchev–Trinajstić information content (AvgIpc) is 2.82. The molecule has 6 nitrogen and oxygen atoms in total. The first-order valence-electron chi connectivity index (χ1n) is 8.51. The van der Waals surface area contributed by atoms with Crippen LogP contribution in [0.1, 0.15) is 39.7 Å². The maximum absolute atomic E-state index is 10.9. The number of ether oxygens (including phenoxy) is 1. The van der Waals surface area contributed by atoms with Crippen molar-refractivity contribution in [2.75, 3.05) is 13.2 Å². The maximum atomic E-state index is 10.9. The van der Waals surface area contributed by atoms with Crippen LogP contribution in [-0.2, 0) is 4.74 Å². The third-order valence-electron chi connectivity index (χ3n) is 4.00. The minimum Gasteiger partial charge on any atom is -0.463 e. The van der Waals surface area contributed by atoms with Crippen LogP contribution in [-0.4, -0.2) is 35.0 Å². The van der Waals surface area contributed by atoms with Crippen LogP contribution in [0, 0.1) is 28.9 Å². The number of nitro benzene ring substituents is 1. The fraction of sp³-hybridized carbons (Fsp3) is 0.611. The summed E-state index contributed by atoms with van der Waals surface area (Å²) < 4.78 is 5.86. The molecule has 1 heterocycles. The van der Waals surface area contributed by atoms with Crippen molar-refractivity contribution in [3.05, 3.63) is 33.9 Å². The van der Waals surface area contributed by atoms with Gasteiger partial charge in [0.2, 0.25) is 0 Å². The Bertz CT molecular complexity index is 626. The first kappa shape index (κ1) is 18.2. The maximum Gasteiger partial charge on any atom is 0.293 e. The minimum atomic E-state index is -0.389. The van der Waals surface area contributed by atoms with Crippen LogP contribution in [0.2, 0.25) is 0 Å². The molecule has 1 saturated heterocycles. The topological polar surface area (TPSA) is 68.0 Å². The highest BCUT2D eigenvalue weighted by Crippen LogP contribution is 2.27. The van der Waals surface area contributed by atoms with Crippen molar-refractivity contribution in [2.45, 2.75) is 47.1 Å². The Balaban J connectivity index is 2.28. The van der Waals surface area contributed by atoms with Gasteiger partial charge in [-0.05, 0) is 36.8 Å². The summed E-state index contributed by atoms with van der Waals surface area (Å²) in [5, 5.41) is 10.9. The number of amidine groups is 1. The SMILES string of the molecule is Cc1cc([N+](=O)[O-])ccc1/N=C1\OC[C@H](CC(C)C)N1CC(C)C. The van der Waals surface area contributed by atoms with Gasteiger partial charge < -0.3 is 9.64 Å². The van der Waals surface area contributed by atoms with E-state index in [4.69, 9.17) is 4.74 Å². The fourth-order valence-corrected chi connectivity index (χ4v) is 2.94. The van der Waals surface area contributed by atoms with Crippen molar-refractivity contribution < 1.29 is 9.66 Å². The molecule has 1 fully saturated rings. The number of aliphatic imine (C=N–C) groups is 1. The normalized spacial score (nSPS) is 19.4. The zero-order valence-electron chi connectivity index (χ0n) is 15.2. The van der Waals surface area contributed by atoms with Gasteiger partial charge in [0.15, 0.2) is 0 Å². The molecule has 1 aromatic carbocycles. The summed E-state index contributed by atoms with van der Waals surface area (Å²) in [5.41, 5.74) is 1.58. The summed E-state index contributed by atoms with van der Waals surface area (Å²) in [6.45, 7) is 12.2. The Kier molecular flexibility index (Phi) is 5.80. The summed E-state index contributed by atoms with van der Waals surface area (Å²) in [6, 6.07) is 5.69. The molecule has 0 saturated carbocycles. The summed E-state index contributed by atoms with van der Waals surface area (Å²) in [4.78, 5) is 17.4. The fourth-order valence-electron chi connectivity index (χ4n) is 2.94. The third-order valence-corrected chi connectivity index (χ3v) is 4.00. The number of hydrogen-bond donors (Lipinski definition) is 0. The summed E-state index contributed by atoms with van der Waals surface area (Å²) in [5.74, 6) is 1.10. The molecule has 1 aromatic rings. The van der Waals surface area contributed by atoms with E-state index >= 15 is 0 Å². The number of non-ortho nitro benzene ring substituents is 1. The molecule has 0 aliphatic carbocycles. The van der Waals surface area contributed by atoms with E-state index < -0.39 is 0 Å². The lowest BCUT2D eigenvalue weighted by atomic mass is 10.0. The van der Waals surface area contributed by atoms with E-state index in [1.54, 1.807) is 12.1 Å². The van der Waals surface area contributed by atoms with Gasteiger partial charge in [-0.2, -0.15) is 4.99 Å². The lowest BCUT2D eigenvalue weighted by Crippen LogP contribution is -2.37. The third kappa shape index (κ3) is 4.46. The zero-order chi connectivity index (χ0) is 17.9. The second-order valence-electron chi connectivity index (χ2n) is 7.26. The first-order valence-corrected chi connectivity index (χ1v) is 8.51. The average molecular weight is 333 g/mol. The van der Waals surface area contributed by atoms with Crippen LogP contribution in [0.4, 0.5) is 11.4 Å². The van der Waals surface area contributed by atoms with Crippen molar-refractivity contribution >= 4 is 17.4 Å². The molecule has 0 radical (unpaired) electrons. The van der Waals surface area contributed by atoms with E-state index in [1.807, 2.05) is 6.92 Å². The quantitative estimate of drug-likeness (QED) is 0.575. The van der Waals surface area contributed by atoms with Crippen molar-refractivity contribution in [3.8, 4) is 0 Å². The molecule has 6 heteroatoms. The van der Waals surface area contributed by atoms with Gasteiger partial charge in [0.25, 0.3) is 11.7 Å². The van der Waals surface area contributed by atoms with E-state index in [1.165, 1.54) is 6.07 Å². The van der Waals surface area contributed by atoms with Crippen LogP contribution in [0.3, 0.4) is 0 Å². The van der Waals surface area contributed by atoms with Gasteiger partial charge in [0.05, 0.1) is 16.7 Å². The molecule has 0 bridgehead atoms. The van der Waals surface area contributed by atoms with Crippen molar-refractivity contribution in [2.24, 2.45) is 16.8 Å². The van der Waals surface area contributed by atoms with E-state index in [0.717, 1.165) is 24.2 Å². The van der Waals surface area contributed by atoms with E-state index in [0.29, 0.717) is 30.5 Å². The molecular weight excluding hydrogens is 306 g/mol. The van der Waals surface area contributed by atoms with E-state index in [-0.39, 0.29) is 10.6 Å². The lowest BCUT2D eigenvalue weighted by Gasteiger charge is -2.26. The van der Waals surface area contributed by atoms with Crippen LogP contribution >= 0.6 is 0 Å². The number of aryl methyl sites for hydroxylation is 1.